The molecule has 6 heteroatoms. The van der Waals surface area contributed by atoms with Gasteiger partial charge in [-0.1, -0.05) is 33.6 Å². The van der Waals surface area contributed by atoms with E-state index in [1.807, 2.05) is 24.3 Å². The third-order valence-corrected chi connectivity index (χ3v) is 3.21. The zero-order valence-corrected chi connectivity index (χ0v) is 12.6. The topological polar surface area (TPSA) is 41.1 Å². The molecule has 20 heavy (non-hydrogen) atoms. The van der Waals surface area contributed by atoms with E-state index in [-0.39, 0.29) is 23.2 Å². The normalized spacial score (nSPS) is 10.2. The van der Waals surface area contributed by atoms with E-state index in [1.54, 1.807) is 0 Å². The third kappa shape index (κ3) is 4.21. The second kappa shape index (κ2) is 6.72. The maximum Gasteiger partial charge on any atom is 0.243 e. The Kier molecular flexibility index (Phi) is 4.98. The van der Waals surface area contributed by atoms with Gasteiger partial charge < -0.3 is 10.6 Å². The first-order valence-corrected chi connectivity index (χ1v) is 6.96. The number of hydrogen-bond acceptors (Lipinski definition) is 2. The number of anilines is 2. The quantitative estimate of drug-likeness (QED) is 0.857. The van der Waals surface area contributed by atoms with Crippen LogP contribution in [0.4, 0.5) is 15.8 Å². The van der Waals surface area contributed by atoms with Crippen molar-refractivity contribution >= 4 is 44.8 Å². The van der Waals surface area contributed by atoms with Crippen molar-refractivity contribution in [1.82, 2.24) is 0 Å². The van der Waals surface area contributed by atoms with Crippen LogP contribution in [-0.4, -0.2) is 12.5 Å². The number of benzene rings is 2. The van der Waals surface area contributed by atoms with Crippen LogP contribution in [0.2, 0.25) is 5.02 Å². The Morgan fingerprint density at radius 3 is 2.75 bits per heavy atom. The van der Waals surface area contributed by atoms with Gasteiger partial charge in [0.25, 0.3) is 0 Å². The minimum absolute atomic E-state index is 0.0402. The summed E-state index contributed by atoms with van der Waals surface area (Å²) in [5.41, 5.74) is 0.904. The predicted molar refractivity (Wildman–Crippen MR) is 82.7 cm³/mol. The van der Waals surface area contributed by atoms with Gasteiger partial charge in [0.15, 0.2) is 0 Å². The zero-order chi connectivity index (χ0) is 14.5. The molecule has 0 heterocycles. The molecule has 0 bridgehead atoms. The Morgan fingerprint density at radius 2 is 2.05 bits per heavy atom. The SMILES string of the molecule is O=C(CNc1cccc(Br)c1)Nc1ccc(Cl)cc1F. The highest BCUT2D eigenvalue weighted by Gasteiger charge is 2.07. The van der Waals surface area contributed by atoms with Crippen molar-refractivity contribution in [2.45, 2.75) is 0 Å². The average molecular weight is 358 g/mol. The summed E-state index contributed by atoms with van der Waals surface area (Å²) in [5.74, 6) is -0.903. The molecule has 0 saturated carbocycles. The Morgan fingerprint density at radius 1 is 1.25 bits per heavy atom. The summed E-state index contributed by atoms with van der Waals surface area (Å²) in [6, 6.07) is 11.5. The summed E-state index contributed by atoms with van der Waals surface area (Å²) in [6.45, 7) is 0.0402. The van der Waals surface area contributed by atoms with Gasteiger partial charge >= 0.3 is 0 Å². The molecular weight excluding hydrogens is 347 g/mol. The molecule has 0 aliphatic carbocycles. The molecule has 2 aromatic carbocycles. The molecular formula is C14H11BrClFN2O. The Labute approximate surface area is 129 Å². The predicted octanol–water partition coefficient (Wildman–Crippen LogP) is 4.29. The molecule has 2 aromatic rings. The highest BCUT2D eigenvalue weighted by Crippen LogP contribution is 2.19. The molecule has 3 nitrogen and oxygen atoms in total. The average Bonchev–Trinajstić information content (AvgIpc) is 2.40. The van der Waals surface area contributed by atoms with Crippen LogP contribution in [0.25, 0.3) is 0 Å². The smallest absolute Gasteiger partial charge is 0.243 e. The minimum atomic E-state index is -0.562. The first kappa shape index (κ1) is 14.8. The van der Waals surface area contributed by atoms with Crippen molar-refractivity contribution in [3.8, 4) is 0 Å². The zero-order valence-electron chi connectivity index (χ0n) is 10.3. The summed E-state index contributed by atoms with van der Waals surface area (Å²) < 4.78 is 14.4. The number of carbonyl (C=O) groups is 1. The molecule has 2 rings (SSSR count). The lowest BCUT2D eigenvalue weighted by atomic mass is 10.3. The fourth-order valence-electron chi connectivity index (χ4n) is 1.57. The first-order valence-electron chi connectivity index (χ1n) is 5.79. The van der Waals surface area contributed by atoms with Gasteiger partial charge in [0.2, 0.25) is 5.91 Å². The van der Waals surface area contributed by atoms with E-state index in [2.05, 4.69) is 26.6 Å². The molecule has 0 unspecified atom stereocenters. The maximum absolute atomic E-state index is 13.5. The van der Waals surface area contributed by atoms with Crippen LogP contribution in [-0.2, 0) is 4.79 Å². The van der Waals surface area contributed by atoms with Crippen LogP contribution in [0.15, 0.2) is 46.9 Å². The van der Waals surface area contributed by atoms with E-state index in [0.717, 1.165) is 16.2 Å². The van der Waals surface area contributed by atoms with Crippen molar-refractivity contribution in [3.05, 3.63) is 57.8 Å². The van der Waals surface area contributed by atoms with E-state index < -0.39 is 5.82 Å². The molecule has 0 aromatic heterocycles. The number of rotatable bonds is 4. The standard InChI is InChI=1S/C14H11BrClFN2O/c15-9-2-1-3-11(6-9)18-8-14(20)19-13-5-4-10(16)7-12(13)17/h1-7,18H,8H2,(H,19,20). The van der Waals surface area contributed by atoms with Crippen LogP contribution in [0.5, 0.6) is 0 Å². The van der Waals surface area contributed by atoms with Crippen LogP contribution in [0, 0.1) is 5.82 Å². The molecule has 0 saturated heterocycles. The van der Waals surface area contributed by atoms with E-state index in [1.165, 1.54) is 12.1 Å². The van der Waals surface area contributed by atoms with Gasteiger partial charge in [-0.15, -0.1) is 0 Å². The lowest BCUT2D eigenvalue weighted by molar-refractivity contribution is -0.114. The van der Waals surface area contributed by atoms with Gasteiger partial charge in [-0.05, 0) is 36.4 Å². The van der Waals surface area contributed by atoms with Crippen molar-refractivity contribution in [3.63, 3.8) is 0 Å². The van der Waals surface area contributed by atoms with Gasteiger partial charge in [-0.3, -0.25) is 4.79 Å². The molecule has 0 fully saturated rings. The molecule has 0 spiro atoms. The van der Waals surface area contributed by atoms with E-state index >= 15 is 0 Å². The van der Waals surface area contributed by atoms with Gasteiger partial charge in [-0.25, -0.2) is 4.39 Å². The third-order valence-electron chi connectivity index (χ3n) is 2.48. The number of nitrogens with one attached hydrogen (secondary N) is 2. The fraction of sp³-hybridized carbons (Fsp3) is 0.0714. The second-order valence-electron chi connectivity index (χ2n) is 4.04. The monoisotopic (exact) mass is 356 g/mol. The van der Waals surface area contributed by atoms with Crippen LogP contribution < -0.4 is 10.6 Å². The number of amides is 1. The molecule has 2 N–H and O–H groups in total. The maximum atomic E-state index is 13.5. The van der Waals surface area contributed by atoms with Crippen LogP contribution in [0.1, 0.15) is 0 Å². The van der Waals surface area contributed by atoms with Crippen molar-refractivity contribution in [2.75, 3.05) is 17.2 Å². The van der Waals surface area contributed by atoms with E-state index in [0.29, 0.717) is 0 Å². The van der Waals surface area contributed by atoms with E-state index in [9.17, 15) is 9.18 Å². The Hall–Kier alpha value is -1.59. The highest BCUT2D eigenvalue weighted by atomic mass is 79.9. The summed E-state index contributed by atoms with van der Waals surface area (Å²) in [4.78, 5) is 11.7. The Balaban J connectivity index is 1.92. The molecule has 0 radical (unpaired) electrons. The summed E-state index contributed by atoms with van der Waals surface area (Å²) in [7, 11) is 0. The molecule has 0 aliphatic heterocycles. The van der Waals surface area contributed by atoms with Crippen molar-refractivity contribution in [1.29, 1.82) is 0 Å². The Bertz CT molecular complexity index is 636. The lowest BCUT2D eigenvalue weighted by Crippen LogP contribution is -2.22. The second-order valence-corrected chi connectivity index (χ2v) is 5.39. The van der Waals surface area contributed by atoms with Crippen molar-refractivity contribution in [2.24, 2.45) is 0 Å². The summed E-state index contributed by atoms with van der Waals surface area (Å²) in [6.07, 6.45) is 0. The van der Waals surface area contributed by atoms with Crippen molar-refractivity contribution < 1.29 is 9.18 Å². The summed E-state index contributed by atoms with van der Waals surface area (Å²) >= 11 is 8.98. The fourth-order valence-corrected chi connectivity index (χ4v) is 2.12. The van der Waals surface area contributed by atoms with Gasteiger partial charge in [0, 0.05) is 15.2 Å². The van der Waals surface area contributed by atoms with Crippen LogP contribution >= 0.6 is 27.5 Å². The molecule has 0 atom stereocenters. The van der Waals surface area contributed by atoms with E-state index in [4.69, 9.17) is 11.6 Å². The highest BCUT2D eigenvalue weighted by molar-refractivity contribution is 9.10. The molecule has 1 amide bonds. The molecule has 104 valence electrons. The number of hydrogen-bond donors (Lipinski definition) is 2. The lowest BCUT2D eigenvalue weighted by Gasteiger charge is -2.09. The first-order chi connectivity index (χ1) is 9.54. The van der Waals surface area contributed by atoms with Gasteiger partial charge in [0.05, 0.1) is 12.2 Å². The van der Waals surface area contributed by atoms with Gasteiger partial charge in [0.1, 0.15) is 5.82 Å². The summed E-state index contributed by atoms with van der Waals surface area (Å²) in [5, 5.41) is 5.71. The van der Waals surface area contributed by atoms with Crippen LogP contribution in [0.3, 0.4) is 0 Å². The number of halogens is 3. The molecule has 0 aliphatic rings. The van der Waals surface area contributed by atoms with Gasteiger partial charge in [-0.2, -0.15) is 0 Å². The largest absolute Gasteiger partial charge is 0.376 e. The minimum Gasteiger partial charge on any atom is -0.376 e. The number of carbonyl (C=O) groups excluding carboxylic acids is 1.